The van der Waals surface area contributed by atoms with Crippen molar-refractivity contribution in [2.24, 2.45) is 0 Å². The van der Waals surface area contributed by atoms with Gasteiger partial charge in [-0.15, -0.1) is 0 Å². The van der Waals surface area contributed by atoms with Gasteiger partial charge in [0.05, 0.1) is 27.4 Å². The summed E-state index contributed by atoms with van der Waals surface area (Å²) in [7, 11) is -3.45. The quantitative estimate of drug-likeness (QED) is 0.328. The molecule has 2 aromatic carbocycles. The topological polar surface area (TPSA) is 80.2 Å². The van der Waals surface area contributed by atoms with E-state index >= 15 is 0 Å². The number of nitrogens with zero attached hydrogens (tertiary/aromatic N) is 3. The molecular formula is C26H27N3O3S2. The molecule has 0 saturated heterocycles. The number of thiazole rings is 1. The predicted octanol–water partition coefficient (Wildman–Crippen LogP) is 5.40. The minimum absolute atomic E-state index is 0.0827. The fraction of sp³-hybridized carbons (Fsp3) is 0.269. The zero-order valence-corrected chi connectivity index (χ0v) is 21.1. The van der Waals surface area contributed by atoms with E-state index in [1.165, 1.54) is 11.3 Å². The molecule has 0 aliphatic heterocycles. The minimum Gasteiger partial charge on any atom is -0.284 e. The Bertz CT molecular complexity index is 1410. The lowest BCUT2D eigenvalue weighted by molar-refractivity contribution is -0.118. The lowest BCUT2D eigenvalue weighted by Crippen LogP contribution is -2.30. The number of carbonyl (C=O) groups is 1. The smallest absolute Gasteiger partial charge is 0.229 e. The highest BCUT2D eigenvalue weighted by molar-refractivity contribution is 7.91. The van der Waals surface area contributed by atoms with E-state index in [4.69, 9.17) is 4.98 Å². The van der Waals surface area contributed by atoms with E-state index in [0.29, 0.717) is 11.7 Å². The third kappa shape index (κ3) is 5.51. The SMILES string of the molecule is Cc1ccc(S(=O)(=O)CCCC(=O)N(Cc2cccnc2)c2nc3cc(C)cc(C)c3s2)cc1. The van der Waals surface area contributed by atoms with Crippen LogP contribution in [0.3, 0.4) is 0 Å². The number of fused-ring (bicyclic) bond motifs is 1. The number of pyridine rings is 1. The Balaban J connectivity index is 1.55. The molecule has 0 aliphatic carbocycles. The molecule has 0 radical (unpaired) electrons. The van der Waals surface area contributed by atoms with Gasteiger partial charge in [-0.05, 0) is 68.1 Å². The molecule has 4 rings (SSSR count). The van der Waals surface area contributed by atoms with E-state index in [9.17, 15) is 13.2 Å². The first kappa shape index (κ1) is 24.0. The number of hydrogen-bond donors (Lipinski definition) is 0. The summed E-state index contributed by atoms with van der Waals surface area (Å²) in [5.41, 5.74) is 4.99. The molecule has 0 bridgehead atoms. The second kappa shape index (κ2) is 10.0. The number of amides is 1. The van der Waals surface area contributed by atoms with Crippen molar-refractivity contribution in [2.45, 2.75) is 45.1 Å². The van der Waals surface area contributed by atoms with Crippen LogP contribution in [0.5, 0.6) is 0 Å². The van der Waals surface area contributed by atoms with Crippen molar-refractivity contribution in [1.29, 1.82) is 0 Å². The van der Waals surface area contributed by atoms with Crippen LogP contribution in [0.15, 0.2) is 65.8 Å². The number of carbonyl (C=O) groups excluding carboxylic acids is 1. The normalized spacial score (nSPS) is 11.6. The zero-order chi connectivity index (χ0) is 24.3. The molecule has 8 heteroatoms. The number of aromatic nitrogens is 2. The largest absolute Gasteiger partial charge is 0.284 e. The van der Waals surface area contributed by atoms with E-state index < -0.39 is 9.84 Å². The maximum absolute atomic E-state index is 13.3. The molecule has 0 spiro atoms. The zero-order valence-electron chi connectivity index (χ0n) is 19.5. The lowest BCUT2D eigenvalue weighted by atomic mass is 10.1. The number of benzene rings is 2. The minimum atomic E-state index is -3.45. The first-order valence-corrected chi connectivity index (χ1v) is 13.6. The van der Waals surface area contributed by atoms with Gasteiger partial charge in [-0.25, -0.2) is 13.4 Å². The van der Waals surface area contributed by atoms with Crippen LogP contribution in [0.1, 0.15) is 35.1 Å². The van der Waals surface area contributed by atoms with Gasteiger partial charge in [0.1, 0.15) is 0 Å². The summed E-state index contributed by atoms with van der Waals surface area (Å²) in [5.74, 6) is -0.239. The van der Waals surface area contributed by atoms with Gasteiger partial charge in [0.25, 0.3) is 0 Å². The number of anilines is 1. The molecule has 2 heterocycles. The Hall–Kier alpha value is -3.10. The van der Waals surface area contributed by atoms with Crippen LogP contribution in [0.4, 0.5) is 5.13 Å². The van der Waals surface area contributed by atoms with Crippen molar-refractivity contribution < 1.29 is 13.2 Å². The van der Waals surface area contributed by atoms with Gasteiger partial charge >= 0.3 is 0 Å². The monoisotopic (exact) mass is 493 g/mol. The Morgan fingerprint density at radius 3 is 2.50 bits per heavy atom. The van der Waals surface area contributed by atoms with Crippen LogP contribution in [0.2, 0.25) is 0 Å². The highest BCUT2D eigenvalue weighted by Crippen LogP contribution is 2.33. The summed E-state index contributed by atoms with van der Waals surface area (Å²) in [6, 6.07) is 14.7. The van der Waals surface area contributed by atoms with Gasteiger partial charge < -0.3 is 0 Å². The summed E-state index contributed by atoms with van der Waals surface area (Å²) in [6.07, 6.45) is 3.77. The summed E-state index contributed by atoms with van der Waals surface area (Å²) in [6.45, 7) is 6.31. The number of rotatable bonds is 8. The summed E-state index contributed by atoms with van der Waals surface area (Å²) in [4.78, 5) is 24.2. The van der Waals surface area contributed by atoms with E-state index in [-0.39, 0.29) is 29.4 Å². The summed E-state index contributed by atoms with van der Waals surface area (Å²) >= 11 is 1.48. The molecule has 4 aromatic rings. The molecule has 176 valence electrons. The van der Waals surface area contributed by atoms with Gasteiger partial charge in [-0.3, -0.25) is 14.7 Å². The Morgan fingerprint density at radius 1 is 1.03 bits per heavy atom. The van der Waals surface area contributed by atoms with Gasteiger partial charge in [0, 0.05) is 18.8 Å². The van der Waals surface area contributed by atoms with Crippen LogP contribution in [0.25, 0.3) is 10.2 Å². The van der Waals surface area contributed by atoms with E-state index in [0.717, 1.165) is 32.5 Å². The lowest BCUT2D eigenvalue weighted by Gasteiger charge is -2.20. The van der Waals surface area contributed by atoms with Crippen molar-refractivity contribution in [2.75, 3.05) is 10.7 Å². The second-order valence-electron chi connectivity index (χ2n) is 8.50. The number of sulfone groups is 1. The van der Waals surface area contributed by atoms with Gasteiger partial charge in [0.15, 0.2) is 15.0 Å². The predicted molar refractivity (Wildman–Crippen MR) is 137 cm³/mol. The third-order valence-electron chi connectivity index (χ3n) is 5.59. The molecule has 2 aromatic heterocycles. The Labute approximate surface area is 204 Å². The molecule has 0 aliphatic rings. The van der Waals surface area contributed by atoms with Crippen molar-refractivity contribution >= 4 is 42.4 Å². The molecular weight excluding hydrogens is 466 g/mol. The standard InChI is InChI=1S/C26H27N3O3S2/c1-18-8-10-22(11-9-18)34(31,32)13-5-7-24(30)29(17-21-6-4-12-27-16-21)26-28-23-15-19(2)14-20(3)25(23)33-26/h4,6,8-12,14-16H,5,7,13,17H2,1-3H3. The van der Waals surface area contributed by atoms with Crippen molar-refractivity contribution in [3.8, 4) is 0 Å². The summed E-state index contributed by atoms with van der Waals surface area (Å²) in [5, 5.41) is 0.610. The first-order chi connectivity index (χ1) is 16.2. The van der Waals surface area contributed by atoms with E-state index in [2.05, 4.69) is 11.1 Å². The summed E-state index contributed by atoms with van der Waals surface area (Å²) < 4.78 is 26.4. The first-order valence-electron chi connectivity index (χ1n) is 11.1. The Kier molecular flexibility index (Phi) is 7.09. The average Bonchev–Trinajstić information content (AvgIpc) is 3.22. The highest BCUT2D eigenvalue weighted by Gasteiger charge is 2.22. The van der Waals surface area contributed by atoms with Crippen molar-refractivity contribution in [3.63, 3.8) is 0 Å². The van der Waals surface area contributed by atoms with Crippen LogP contribution < -0.4 is 4.90 Å². The van der Waals surface area contributed by atoms with Gasteiger partial charge in [-0.1, -0.05) is 41.2 Å². The molecule has 1 amide bonds. The van der Waals surface area contributed by atoms with Crippen molar-refractivity contribution in [3.05, 3.63) is 83.2 Å². The van der Waals surface area contributed by atoms with Crippen LogP contribution in [-0.4, -0.2) is 30.0 Å². The van der Waals surface area contributed by atoms with Crippen molar-refractivity contribution in [1.82, 2.24) is 9.97 Å². The van der Waals surface area contributed by atoms with E-state index in [1.807, 2.05) is 39.0 Å². The van der Waals surface area contributed by atoms with Gasteiger partial charge in [-0.2, -0.15) is 0 Å². The second-order valence-corrected chi connectivity index (χ2v) is 11.6. The van der Waals surface area contributed by atoms with E-state index in [1.54, 1.807) is 41.6 Å². The Morgan fingerprint density at radius 2 is 1.79 bits per heavy atom. The molecule has 0 atom stereocenters. The molecule has 0 unspecified atom stereocenters. The highest BCUT2D eigenvalue weighted by atomic mass is 32.2. The molecule has 6 nitrogen and oxygen atoms in total. The van der Waals surface area contributed by atoms with Crippen LogP contribution in [0, 0.1) is 20.8 Å². The molecule has 34 heavy (non-hydrogen) atoms. The molecule has 0 N–H and O–H groups in total. The fourth-order valence-electron chi connectivity index (χ4n) is 3.83. The fourth-order valence-corrected chi connectivity index (χ4v) is 6.17. The van der Waals surface area contributed by atoms with Crippen LogP contribution in [-0.2, 0) is 21.2 Å². The average molecular weight is 494 g/mol. The maximum atomic E-state index is 13.3. The number of aryl methyl sites for hydroxylation is 3. The van der Waals surface area contributed by atoms with Crippen LogP contribution >= 0.6 is 11.3 Å². The molecule has 0 fully saturated rings. The maximum Gasteiger partial charge on any atom is 0.229 e. The molecule has 0 saturated carbocycles. The third-order valence-corrected chi connectivity index (χ3v) is 8.63. The number of hydrogen-bond acceptors (Lipinski definition) is 6. The van der Waals surface area contributed by atoms with Gasteiger partial charge in [0.2, 0.25) is 5.91 Å².